The Bertz CT molecular complexity index is 518. The summed E-state index contributed by atoms with van der Waals surface area (Å²) in [5.74, 6) is 0.932. The Labute approximate surface area is 116 Å². The molecular weight excluding hydrogens is 260 g/mol. The summed E-state index contributed by atoms with van der Waals surface area (Å²) in [5, 5.41) is 0. The fourth-order valence-electron chi connectivity index (χ4n) is 1.70. The largest absolute Gasteiger partial charge is 0.496 e. The minimum Gasteiger partial charge on any atom is -0.496 e. The molecule has 94 valence electrons. The molecule has 0 aromatic heterocycles. The molecule has 0 aliphatic rings. The maximum atomic E-state index is 5.36. The van der Waals surface area contributed by atoms with Gasteiger partial charge in [-0.2, -0.15) is 0 Å². The number of hydrogen-bond donors (Lipinski definition) is 0. The summed E-state index contributed by atoms with van der Waals surface area (Å²) in [7, 11) is 5.25. The van der Waals surface area contributed by atoms with E-state index >= 15 is 0 Å². The summed E-state index contributed by atoms with van der Waals surface area (Å²) in [4.78, 5) is 2.50. The van der Waals surface area contributed by atoms with E-state index in [1.807, 2.05) is 18.2 Å². The topological polar surface area (TPSA) is 9.23 Å². The Morgan fingerprint density at radius 3 is 2.17 bits per heavy atom. The second kappa shape index (κ2) is 6.21. The van der Waals surface area contributed by atoms with Gasteiger partial charge in [0.25, 0.3) is 0 Å². The summed E-state index contributed by atoms with van der Waals surface area (Å²) in [6.07, 6.45) is 0. The van der Waals surface area contributed by atoms with Crippen molar-refractivity contribution < 1.29 is 4.74 Å². The molecule has 0 heterocycles. The quantitative estimate of drug-likeness (QED) is 0.718. The van der Waals surface area contributed by atoms with E-state index in [-0.39, 0.29) is 0 Å². The van der Waals surface area contributed by atoms with Crippen molar-refractivity contribution in [1.82, 2.24) is 0 Å². The van der Waals surface area contributed by atoms with Gasteiger partial charge in [-0.15, -0.1) is 0 Å². The van der Waals surface area contributed by atoms with Crippen LogP contribution in [0.3, 0.4) is 0 Å². The molecule has 2 aromatic carbocycles. The SMILES string of the molecule is COc1ccccc1SSc1c(C)cccc1C. The fraction of sp³-hybridized carbons (Fsp3) is 0.200. The van der Waals surface area contributed by atoms with E-state index in [2.05, 4.69) is 38.1 Å². The second-order valence-electron chi connectivity index (χ2n) is 4.04. The van der Waals surface area contributed by atoms with Crippen molar-refractivity contribution in [2.45, 2.75) is 23.6 Å². The molecule has 0 saturated heterocycles. The minimum atomic E-state index is 0.932. The first-order valence-corrected chi connectivity index (χ1v) is 7.91. The molecule has 0 saturated carbocycles. The van der Waals surface area contributed by atoms with Crippen LogP contribution in [0.4, 0.5) is 0 Å². The van der Waals surface area contributed by atoms with E-state index in [1.54, 1.807) is 28.7 Å². The number of ether oxygens (including phenoxy) is 1. The van der Waals surface area contributed by atoms with Gasteiger partial charge in [0.2, 0.25) is 0 Å². The zero-order chi connectivity index (χ0) is 13.0. The minimum absolute atomic E-state index is 0.932. The van der Waals surface area contributed by atoms with Gasteiger partial charge < -0.3 is 4.74 Å². The predicted molar refractivity (Wildman–Crippen MR) is 80.6 cm³/mol. The highest BCUT2D eigenvalue weighted by Crippen LogP contribution is 2.43. The Kier molecular flexibility index (Phi) is 4.61. The van der Waals surface area contributed by atoms with E-state index in [0.717, 1.165) is 10.6 Å². The van der Waals surface area contributed by atoms with Crippen molar-refractivity contribution in [3.8, 4) is 5.75 Å². The molecular formula is C15H16OS2. The van der Waals surface area contributed by atoms with E-state index in [1.165, 1.54) is 16.0 Å². The van der Waals surface area contributed by atoms with Crippen LogP contribution in [0.5, 0.6) is 5.75 Å². The van der Waals surface area contributed by atoms with Crippen LogP contribution in [0, 0.1) is 13.8 Å². The summed E-state index contributed by atoms with van der Waals surface area (Å²) in [5.41, 5.74) is 2.64. The van der Waals surface area contributed by atoms with Gasteiger partial charge in [-0.25, -0.2) is 0 Å². The highest BCUT2D eigenvalue weighted by Gasteiger charge is 2.07. The van der Waals surface area contributed by atoms with E-state index in [0.29, 0.717) is 0 Å². The molecule has 2 aromatic rings. The average Bonchev–Trinajstić information content (AvgIpc) is 2.38. The van der Waals surface area contributed by atoms with Crippen molar-refractivity contribution in [2.75, 3.05) is 7.11 Å². The molecule has 0 aliphatic carbocycles. The molecule has 0 aliphatic heterocycles. The van der Waals surface area contributed by atoms with Gasteiger partial charge >= 0.3 is 0 Å². The lowest BCUT2D eigenvalue weighted by Crippen LogP contribution is -1.85. The molecule has 0 radical (unpaired) electrons. The Hall–Kier alpha value is -1.06. The van der Waals surface area contributed by atoms with Gasteiger partial charge in [-0.3, -0.25) is 0 Å². The zero-order valence-corrected chi connectivity index (χ0v) is 12.4. The Morgan fingerprint density at radius 2 is 1.50 bits per heavy atom. The van der Waals surface area contributed by atoms with Gasteiger partial charge in [0.05, 0.1) is 12.0 Å². The molecule has 2 rings (SSSR count). The summed E-state index contributed by atoms with van der Waals surface area (Å²) >= 11 is 0. The van der Waals surface area contributed by atoms with Gasteiger partial charge in [0, 0.05) is 4.90 Å². The number of benzene rings is 2. The van der Waals surface area contributed by atoms with Crippen LogP contribution in [0.25, 0.3) is 0 Å². The van der Waals surface area contributed by atoms with E-state index in [9.17, 15) is 0 Å². The van der Waals surface area contributed by atoms with Crippen LogP contribution >= 0.6 is 21.6 Å². The highest BCUT2D eigenvalue weighted by atomic mass is 33.1. The van der Waals surface area contributed by atoms with Crippen molar-refractivity contribution in [3.63, 3.8) is 0 Å². The van der Waals surface area contributed by atoms with Crippen molar-refractivity contribution in [2.24, 2.45) is 0 Å². The lowest BCUT2D eigenvalue weighted by molar-refractivity contribution is 0.405. The van der Waals surface area contributed by atoms with Crippen LogP contribution in [0.15, 0.2) is 52.3 Å². The highest BCUT2D eigenvalue weighted by molar-refractivity contribution is 8.76. The lowest BCUT2D eigenvalue weighted by atomic mass is 10.2. The third kappa shape index (κ3) is 3.03. The summed E-state index contributed by atoms with van der Waals surface area (Å²) < 4.78 is 5.36. The monoisotopic (exact) mass is 276 g/mol. The van der Waals surface area contributed by atoms with Crippen molar-refractivity contribution in [3.05, 3.63) is 53.6 Å². The third-order valence-electron chi connectivity index (χ3n) is 2.69. The first-order chi connectivity index (χ1) is 8.72. The third-order valence-corrected chi connectivity index (χ3v) is 5.39. The van der Waals surface area contributed by atoms with Crippen LogP contribution in [0.1, 0.15) is 11.1 Å². The number of methoxy groups -OCH3 is 1. The maximum Gasteiger partial charge on any atom is 0.133 e. The fourth-order valence-corrected chi connectivity index (χ4v) is 4.37. The number of para-hydroxylation sites is 1. The van der Waals surface area contributed by atoms with Gasteiger partial charge in [0.15, 0.2) is 0 Å². The van der Waals surface area contributed by atoms with Gasteiger partial charge in [-0.05, 0) is 47.9 Å². The molecule has 0 amide bonds. The van der Waals surface area contributed by atoms with E-state index in [4.69, 9.17) is 4.74 Å². The molecule has 18 heavy (non-hydrogen) atoms. The van der Waals surface area contributed by atoms with E-state index < -0.39 is 0 Å². The molecule has 0 bridgehead atoms. The lowest BCUT2D eigenvalue weighted by Gasteiger charge is -2.10. The number of rotatable bonds is 4. The average molecular weight is 276 g/mol. The van der Waals surface area contributed by atoms with Crippen molar-refractivity contribution in [1.29, 1.82) is 0 Å². The van der Waals surface area contributed by atoms with Crippen LogP contribution in [0.2, 0.25) is 0 Å². The Morgan fingerprint density at radius 1 is 0.833 bits per heavy atom. The number of aryl methyl sites for hydroxylation is 2. The van der Waals surface area contributed by atoms with Crippen molar-refractivity contribution >= 4 is 21.6 Å². The molecule has 0 spiro atoms. The molecule has 0 N–H and O–H groups in total. The van der Waals surface area contributed by atoms with Gasteiger partial charge in [-0.1, -0.05) is 41.1 Å². The van der Waals surface area contributed by atoms with Crippen LogP contribution < -0.4 is 4.74 Å². The molecule has 3 heteroatoms. The van der Waals surface area contributed by atoms with Gasteiger partial charge in [0.1, 0.15) is 5.75 Å². The normalized spacial score (nSPS) is 10.4. The van der Waals surface area contributed by atoms with Crippen LogP contribution in [-0.4, -0.2) is 7.11 Å². The first kappa shape index (κ1) is 13.4. The zero-order valence-electron chi connectivity index (χ0n) is 10.8. The molecule has 1 nitrogen and oxygen atoms in total. The van der Waals surface area contributed by atoms with Crippen LogP contribution in [-0.2, 0) is 0 Å². The molecule has 0 unspecified atom stereocenters. The predicted octanol–water partition coefficient (Wildman–Crippen LogP) is 5.11. The molecule has 0 atom stereocenters. The Balaban J connectivity index is 2.16. The number of hydrogen-bond acceptors (Lipinski definition) is 3. The standard InChI is InChI=1S/C15H16OS2/c1-11-7-6-8-12(2)15(11)18-17-14-10-5-4-9-13(14)16-3/h4-10H,1-3H3. The summed E-state index contributed by atoms with van der Waals surface area (Å²) in [6, 6.07) is 14.5. The smallest absolute Gasteiger partial charge is 0.133 e. The molecule has 0 fully saturated rings. The second-order valence-corrected chi connectivity index (χ2v) is 6.22. The first-order valence-electron chi connectivity index (χ1n) is 5.76. The maximum absolute atomic E-state index is 5.36. The summed E-state index contributed by atoms with van der Waals surface area (Å²) in [6.45, 7) is 4.30.